The van der Waals surface area contributed by atoms with E-state index in [0.29, 0.717) is 18.7 Å². The molecule has 7 heteroatoms. The van der Waals surface area contributed by atoms with E-state index in [9.17, 15) is 13.2 Å². The van der Waals surface area contributed by atoms with E-state index in [1.165, 1.54) is 12.1 Å². The standard InChI is InChI=1S/C12H16N2O4S/c1-19(16,17)10-4-2-3-9(7-10)14-11(15)12(13)5-6-18-8-12/h2-4,7H,5-6,8,13H2,1H3,(H,14,15). The summed E-state index contributed by atoms with van der Waals surface area (Å²) >= 11 is 0. The van der Waals surface area contributed by atoms with Crippen molar-refractivity contribution in [3.63, 3.8) is 0 Å². The predicted octanol–water partition coefficient (Wildman–Crippen LogP) is 0.146. The Bertz CT molecular complexity index is 592. The number of carbonyl (C=O) groups excluding carboxylic acids is 1. The molecule has 1 atom stereocenters. The van der Waals surface area contributed by atoms with Gasteiger partial charge in [-0.2, -0.15) is 0 Å². The van der Waals surface area contributed by atoms with Gasteiger partial charge in [0.15, 0.2) is 9.84 Å². The van der Waals surface area contributed by atoms with E-state index in [1.807, 2.05) is 0 Å². The van der Waals surface area contributed by atoms with Gasteiger partial charge in [-0.15, -0.1) is 0 Å². The molecular weight excluding hydrogens is 268 g/mol. The Kier molecular flexibility index (Phi) is 3.62. The Labute approximate surface area is 111 Å². The van der Waals surface area contributed by atoms with Crippen LogP contribution < -0.4 is 11.1 Å². The third kappa shape index (κ3) is 3.12. The number of benzene rings is 1. The number of ether oxygens (including phenoxy) is 1. The van der Waals surface area contributed by atoms with Gasteiger partial charge in [-0.1, -0.05) is 6.07 Å². The van der Waals surface area contributed by atoms with Crippen LogP contribution in [0.15, 0.2) is 29.2 Å². The molecule has 1 aromatic rings. The maximum absolute atomic E-state index is 12.0. The normalized spacial score (nSPS) is 23.3. The van der Waals surface area contributed by atoms with Crippen LogP contribution in [0.1, 0.15) is 6.42 Å². The molecule has 3 N–H and O–H groups in total. The minimum absolute atomic E-state index is 0.152. The first kappa shape index (κ1) is 14.0. The Hall–Kier alpha value is -1.44. The molecule has 1 aliphatic rings. The molecule has 1 amide bonds. The summed E-state index contributed by atoms with van der Waals surface area (Å²) in [7, 11) is -3.30. The van der Waals surface area contributed by atoms with Crippen molar-refractivity contribution < 1.29 is 17.9 Å². The molecule has 19 heavy (non-hydrogen) atoms. The predicted molar refractivity (Wildman–Crippen MR) is 70.5 cm³/mol. The van der Waals surface area contributed by atoms with Crippen molar-refractivity contribution in [2.24, 2.45) is 5.73 Å². The molecule has 0 bridgehead atoms. The molecule has 2 rings (SSSR count). The second kappa shape index (κ2) is 4.92. The average Bonchev–Trinajstić information content (AvgIpc) is 2.77. The zero-order valence-corrected chi connectivity index (χ0v) is 11.4. The van der Waals surface area contributed by atoms with E-state index >= 15 is 0 Å². The van der Waals surface area contributed by atoms with Crippen molar-refractivity contribution in [3.05, 3.63) is 24.3 Å². The van der Waals surface area contributed by atoms with Gasteiger partial charge >= 0.3 is 0 Å². The number of anilines is 1. The molecule has 0 radical (unpaired) electrons. The van der Waals surface area contributed by atoms with Gasteiger partial charge in [-0.05, 0) is 24.6 Å². The average molecular weight is 284 g/mol. The molecule has 1 fully saturated rings. The Morgan fingerprint density at radius 2 is 2.21 bits per heavy atom. The molecule has 104 valence electrons. The Morgan fingerprint density at radius 3 is 2.79 bits per heavy atom. The van der Waals surface area contributed by atoms with Crippen molar-refractivity contribution in [2.75, 3.05) is 24.8 Å². The molecule has 1 aromatic carbocycles. The first-order chi connectivity index (χ1) is 8.81. The van der Waals surface area contributed by atoms with Gasteiger partial charge in [0.25, 0.3) is 0 Å². The highest BCUT2D eigenvalue weighted by Crippen LogP contribution is 2.20. The fourth-order valence-corrected chi connectivity index (χ4v) is 2.49. The van der Waals surface area contributed by atoms with E-state index in [1.54, 1.807) is 12.1 Å². The highest BCUT2D eigenvalue weighted by molar-refractivity contribution is 7.90. The fourth-order valence-electron chi connectivity index (χ4n) is 1.82. The van der Waals surface area contributed by atoms with Crippen LogP contribution in [0.3, 0.4) is 0 Å². The number of rotatable bonds is 3. The van der Waals surface area contributed by atoms with Crippen LogP contribution in [-0.2, 0) is 19.4 Å². The quantitative estimate of drug-likeness (QED) is 0.823. The van der Waals surface area contributed by atoms with Crippen LogP contribution in [0.5, 0.6) is 0 Å². The van der Waals surface area contributed by atoms with Crippen molar-refractivity contribution in [3.8, 4) is 0 Å². The Balaban J connectivity index is 2.18. The zero-order chi connectivity index (χ0) is 14.1. The lowest BCUT2D eigenvalue weighted by atomic mass is 9.99. The van der Waals surface area contributed by atoms with Crippen LogP contribution in [0.25, 0.3) is 0 Å². The maximum Gasteiger partial charge on any atom is 0.246 e. The number of nitrogens with two attached hydrogens (primary N) is 1. The van der Waals surface area contributed by atoms with Crippen LogP contribution >= 0.6 is 0 Å². The maximum atomic E-state index is 12.0. The number of sulfone groups is 1. The third-order valence-corrected chi connectivity index (χ3v) is 4.13. The van der Waals surface area contributed by atoms with Gasteiger partial charge in [-0.25, -0.2) is 8.42 Å². The van der Waals surface area contributed by atoms with Crippen LogP contribution in [-0.4, -0.2) is 39.3 Å². The first-order valence-electron chi connectivity index (χ1n) is 5.79. The lowest BCUT2D eigenvalue weighted by Gasteiger charge is -2.20. The number of nitrogens with one attached hydrogen (secondary N) is 1. The van der Waals surface area contributed by atoms with E-state index < -0.39 is 15.4 Å². The second-order valence-corrected chi connectivity index (χ2v) is 6.73. The minimum atomic E-state index is -3.30. The summed E-state index contributed by atoms with van der Waals surface area (Å²) in [5.41, 5.74) is 5.29. The van der Waals surface area contributed by atoms with Crippen molar-refractivity contribution >= 4 is 21.4 Å². The van der Waals surface area contributed by atoms with Gasteiger partial charge in [0.2, 0.25) is 5.91 Å². The molecule has 1 unspecified atom stereocenters. The van der Waals surface area contributed by atoms with Crippen molar-refractivity contribution in [1.82, 2.24) is 0 Å². The molecule has 6 nitrogen and oxygen atoms in total. The van der Waals surface area contributed by atoms with E-state index in [4.69, 9.17) is 10.5 Å². The first-order valence-corrected chi connectivity index (χ1v) is 7.69. The molecule has 1 heterocycles. The SMILES string of the molecule is CS(=O)(=O)c1cccc(NC(=O)C2(N)CCOC2)c1. The third-order valence-electron chi connectivity index (χ3n) is 3.02. The lowest BCUT2D eigenvalue weighted by Crippen LogP contribution is -2.51. The monoisotopic (exact) mass is 284 g/mol. The largest absolute Gasteiger partial charge is 0.379 e. The summed E-state index contributed by atoms with van der Waals surface area (Å²) in [4.78, 5) is 12.2. The van der Waals surface area contributed by atoms with E-state index in [0.717, 1.165) is 6.26 Å². The van der Waals surface area contributed by atoms with Crippen LogP contribution in [0.2, 0.25) is 0 Å². The second-order valence-electron chi connectivity index (χ2n) is 4.71. The van der Waals surface area contributed by atoms with Gasteiger partial charge in [0.05, 0.1) is 11.5 Å². The van der Waals surface area contributed by atoms with Crippen molar-refractivity contribution in [1.29, 1.82) is 0 Å². The van der Waals surface area contributed by atoms with Crippen LogP contribution in [0.4, 0.5) is 5.69 Å². The smallest absolute Gasteiger partial charge is 0.246 e. The summed E-state index contributed by atoms with van der Waals surface area (Å²) in [6.45, 7) is 0.623. The summed E-state index contributed by atoms with van der Waals surface area (Å²) in [5.74, 6) is -0.365. The summed E-state index contributed by atoms with van der Waals surface area (Å²) < 4.78 is 28.0. The number of carbonyl (C=O) groups is 1. The van der Waals surface area contributed by atoms with Crippen LogP contribution in [0, 0.1) is 0 Å². The minimum Gasteiger partial charge on any atom is -0.379 e. The molecule has 0 spiro atoms. The zero-order valence-electron chi connectivity index (χ0n) is 10.5. The topological polar surface area (TPSA) is 98.5 Å². The number of hydrogen-bond donors (Lipinski definition) is 2. The Morgan fingerprint density at radius 1 is 1.47 bits per heavy atom. The molecule has 0 aliphatic carbocycles. The molecule has 0 aromatic heterocycles. The highest BCUT2D eigenvalue weighted by Gasteiger charge is 2.38. The van der Waals surface area contributed by atoms with Gasteiger partial charge in [0, 0.05) is 18.6 Å². The van der Waals surface area contributed by atoms with Gasteiger partial charge in [0.1, 0.15) is 5.54 Å². The fraction of sp³-hybridized carbons (Fsp3) is 0.417. The number of hydrogen-bond acceptors (Lipinski definition) is 5. The summed E-state index contributed by atoms with van der Waals surface area (Å²) in [6, 6.07) is 6.07. The molecule has 1 aliphatic heterocycles. The molecule has 0 saturated carbocycles. The van der Waals surface area contributed by atoms with Gasteiger partial charge < -0.3 is 15.8 Å². The lowest BCUT2D eigenvalue weighted by molar-refractivity contribution is -0.121. The molecular formula is C12H16N2O4S. The van der Waals surface area contributed by atoms with E-state index in [-0.39, 0.29) is 17.4 Å². The van der Waals surface area contributed by atoms with E-state index in [2.05, 4.69) is 5.32 Å². The summed E-state index contributed by atoms with van der Waals surface area (Å²) in [6.07, 6.45) is 1.56. The molecule has 1 saturated heterocycles. The highest BCUT2D eigenvalue weighted by atomic mass is 32.2. The van der Waals surface area contributed by atoms with Gasteiger partial charge in [-0.3, -0.25) is 4.79 Å². The summed E-state index contributed by atoms with van der Waals surface area (Å²) in [5, 5.41) is 2.63. The number of amides is 1. The van der Waals surface area contributed by atoms with Crippen molar-refractivity contribution in [2.45, 2.75) is 16.9 Å².